The van der Waals surface area contributed by atoms with Gasteiger partial charge in [0, 0.05) is 12.1 Å². The summed E-state index contributed by atoms with van der Waals surface area (Å²) in [6, 6.07) is 15.0. The van der Waals surface area contributed by atoms with Crippen molar-refractivity contribution in [2.75, 3.05) is 25.1 Å². The molecule has 0 aliphatic carbocycles. The molecule has 140 valence electrons. The van der Waals surface area contributed by atoms with Crippen molar-refractivity contribution in [1.82, 2.24) is 0 Å². The molecule has 2 aromatic carbocycles. The molecular formula is C20H26N2O4. The van der Waals surface area contributed by atoms with Gasteiger partial charge in [-0.05, 0) is 55.8 Å². The fourth-order valence-corrected chi connectivity index (χ4v) is 2.19. The van der Waals surface area contributed by atoms with Gasteiger partial charge < -0.3 is 25.6 Å². The lowest BCUT2D eigenvalue weighted by molar-refractivity contribution is -0.121. The molecule has 0 saturated carbocycles. The van der Waals surface area contributed by atoms with E-state index in [9.17, 15) is 4.79 Å². The monoisotopic (exact) mass is 358 g/mol. The van der Waals surface area contributed by atoms with Crippen LogP contribution in [0.4, 0.5) is 5.69 Å². The molecule has 0 spiro atoms. The molecule has 0 aromatic heterocycles. The molecule has 0 heterocycles. The number of nitrogens with one attached hydrogen (secondary N) is 1. The van der Waals surface area contributed by atoms with Gasteiger partial charge in [-0.2, -0.15) is 0 Å². The minimum atomic E-state index is -1.31. The quantitative estimate of drug-likeness (QED) is 0.640. The van der Waals surface area contributed by atoms with E-state index in [1.54, 1.807) is 24.3 Å². The van der Waals surface area contributed by atoms with E-state index >= 15 is 0 Å². The van der Waals surface area contributed by atoms with Crippen molar-refractivity contribution in [2.45, 2.75) is 25.8 Å². The lowest BCUT2D eigenvalue weighted by Gasteiger charge is -2.20. The van der Waals surface area contributed by atoms with Crippen LogP contribution in [0.2, 0.25) is 0 Å². The van der Waals surface area contributed by atoms with Crippen LogP contribution in [0.5, 0.6) is 11.5 Å². The second kappa shape index (κ2) is 9.22. The van der Waals surface area contributed by atoms with Gasteiger partial charge in [0.25, 0.3) is 0 Å². The van der Waals surface area contributed by atoms with Crippen LogP contribution in [-0.4, -0.2) is 36.4 Å². The molecule has 6 nitrogen and oxygen atoms in total. The molecule has 0 aliphatic heterocycles. The Morgan fingerprint density at radius 1 is 1.08 bits per heavy atom. The topological polar surface area (TPSA) is 93.8 Å². The van der Waals surface area contributed by atoms with E-state index < -0.39 is 18.1 Å². The number of nitrogens with two attached hydrogens (primary N) is 1. The average molecular weight is 358 g/mol. The Morgan fingerprint density at radius 3 is 2.23 bits per heavy atom. The van der Waals surface area contributed by atoms with Crippen LogP contribution in [0.1, 0.15) is 19.4 Å². The Hall–Kier alpha value is -2.57. The zero-order valence-corrected chi connectivity index (χ0v) is 15.2. The van der Waals surface area contributed by atoms with E-state index in [2.05, 4.69) is 5.32 Å². The van der Waals surface area contributed by atoms with Crippen molar-refractivity contribution in [3.63, 3.8) is 0 Å². The van der Waals surface area contributed by atoms with Crippen molar-refractivity contribution in [1.29, 1.82) is 0 Å². The third kappa shape index (κ3) is 5.75. The number of anilines is 1. The maximum Gasteiger partial charge on any atom is 0.246 e. The van der Waals surface area contributed by atoms with E-state index in [1.165, 1.54) is 12.5 Å². The van der Waals surface area contributed by atoms with Crippen LogP contribution >= 0.6 is 0 Å². The number of hydrogen-bond donors (Lipinski definition) is 3. The summed E-state index contributed by atoms with van der Waals surface area (Å²) in [5.74, 6) is 1.14. The number of carbonyl (C=O) groups excluding carboxylic acids is 1. The predicted octanol–water partition coefficient (Wildman–Crippen LogP) is 2.36. The minimum Gasteiger partial charge on any atom is -0.494 e. The molecule has 1 amide bonds. The van der Waals surface area contributed by atoms with Gasteiger partial charge in [0.15, 0.2) is 0 Å². The van der Waals surface area contributed by atoms with Crippen LogP contribution in [0, 0.1) is 0 Å². The molecule has 0 radical (unpaired) electrons. The van der Waals surface area contributed by atoms with Gasteiger partial charge in [-0.1, -0.05) is 12.1 Å². The SMILES string of the molecule is CCOc1ccc(CCOc2ccc(NC(=O)[C@@](C)(N)CO)cc2)cc1. The zero-order valence-electron chi connectivity index (χ0n) is 15.2. The van der Waals surface area contributed by atoms with E-state index in [0.717, 1.165) is 12.2 Å². The lowest BCUT2D eigenvalue weighted by Crippen LogP contribution is -2.51. The molecule has 0 saturated heterocycles. The smallest absolute Gasteiger partial charge is 0.246 e. The highest BCUT2D eigenvalue weighted by molar-refractivity contribution is 5.97. The molecule has 2 rings (SSSR count). The summed E-state index contributed by atoms with van der Waals surface area (Å²) in [7, 11) is 0. The van der Waals surface area contributed by atoms with Crippen molar-refractivity contribution in [2.24, 2.45) is 5.73 Å². The zero-order chi connectivity index (χ0) is 19.0. The molecule has 6 heteroatoms. The number of amides is 1. The predicted molar refractivity (Wildman–Crippen MR) is 102 cm³/mol. The highest BCUT2D eigenvalue weighted by Crippen LogP contribution is 2.18. The van der Waals surface area contributed by atoms with Crippen LogP contribution < -0.4 is 20.5 Å². The number of hydrogen-bond acceptors (Lipinski definition) is 5. The first-order valence-corrected chi connectivity index (χ1v) is 8.60. The fraction of sp³-hybridized carbons (Fsp3) is 0.350. The van der Waals surface area contributed by atoms with Crippen LogP contribution in [0.3, 0.4) is 0 Å². The molecule has 0 unspecified atom stereocenters. The minimum absolute atomic E-state index is 0.425. The number of ether oxygens (including phenoxy) is 2. The van der Waals surface area contributed by atoms with Crippen LogP contribution in [0.25, 0.3) is 0 Å². The summed E-state index contributed by atoms with van der Waals surface area (Å²) in [6.45, 7) is 4.21. The largest absolute Gasteiger partial charge is 0.494 e. The van der Waals surface area contributed by atoms with Crippen molar-refractivity contribution >= 4 is 11.6 Å². The second-order valence-electron chi connectivity index (χ2n) is 6.23. The normalized spacial score (nSPS) is 12.9. The first-order valence-electron chi connectivity index (χ1n) is 8.60. The van der Waals surface area contributed by atoms with Gasteiger partial charge in [0.2, 0.25) is 5.91 Å². The van der Waals surface area contributed by atoms with Gasteiger partial charge in [0.1, 0.15) is 17.0 Å². The van der Waals surface area contributed by atoms with Gasteiger partial charge in [-0.15, -0.1) is 0 Å². The Labute approximate surface area is 153 Å². The summed E-state index contributed by atoms with van der Waals surface area (Å²) in [5.41, 5.74) is 6.14. The summed E-state index contributed by atoms with van der Waals surface area (Å²) < 4.78 is 11.1. The van der Waals surface area contributed by atoms with E-state index in [-0.39, 0.29) is 0 Å². The summed E-state index contributed by atoms with van der Waals surface area (Å²) in [6.07, 6.45) is 0.785. The van der Waals surface area contributed by atoms with Crippen LogP contribution in [0.15, 0.2) is 48.5 Å². The molecule has 2 aromatic rings. The Bertz CT molecular complexity index is 697. The Morgan fingerprint density at radius 2 is 1.65 bits per heavy atom. The van der Waals surface area contributed by atoms with Crippen molar-refractivity contribution < 1.29 is 19.4 Å². The van der Waals surface area contributed by atoms with E-state index in [1.807, 2.05) is 31.2 Å². The maximum absolute atomic E-state index is 11.9. The molecule has 4 N–H and O–H groups in total. The first-order chi connectivity index (χ1) is 12.4. The fourth-order valence-electron chi connectivity index (χ4n) is 2.19. The second-order valence-corrected chi connectivity index (χ2v) is 6.23. The van der Waals surface area contributed by atoms with Crippen molar-refractivity contribution in [3.05, 3.63) is 54.1 Å². The highest BCUT2D eigenvalue weighted by Gasteiger charge is 2.27. The number of benzene rings is 2. The summed E-state index contributed by atoms with van der Waals surface area (Å²) in [4.78, 5) is 11.9. The highest BCUT2D eigenvalue weighted by atomic mass is 16.5. The molecule has 0 bridgehead atoms. The third-order valence-electron chi connectivity index (χ3n) is 3.85. The molecule has 0 aliphatic rings. The molecular weight excluding hydrogens is 332 g/mol. The molecule has 0 fully saturated rings. The lowest BCUT2D eigenvalue weighted by atomic mass is 10.0. The average Bonchev–Trinajstić information content (AvgIpc) is 2.65. The van der Waals surface area contributed by atoms with Gasteiger partial charge in [-0.25, -0.2) is 0 Å². The third-order valence-corrected chi connectivity index (χ3v) is 3.85. The number of carbonyl (C=O) groups is 1. The first kappa shape index (κ1) is 19.8. The molecule has 26 heavy (non-hydrogen) atoms. The van der Waals surface area contributed by atoms with Crippen LogP contribution in [-0.2, 0) is 11.2 Å². The maximum atomic E-state index is 11.9. The van der Waals surface area contributed by atoms with Gasteiger partial charge >= 0.3 is 0 Å². The Kier molecular flexibility index (Phi) is 7.00. The van der Waals surface area contributed by atoms with E-state index in [4.69, 9.17) is 20.3 Å². The summed E-state index contributed by atoms with van der Waals surface area (Å²) >= 11 is 0. The number of aliphatic hydroxyl groups excluding tert-OH is 1. The van der Waals surface area contributed by atoms with Gasteiger partial charge in [0.05, 0.1) is 19.8 Å². The number of rotatable bonds is 9. The van der Waals surface area contributed by atoms with Crippen molar-refractivity contribution in [3.8, 4) is 11.5 Å². The number of aliphatic hydroxyl groups is 1. The Balaban J connectivity index is 1.81. The standard InChI is InChI=1S/C20H26N2O4/c1-3-25-17-8-4-15(5-9-17)12-13-26-18-10-6-16(7-11-18)22-19(24)20(2,21)14-23/h4-11,23H,3,12-14,21H2,1-2H3,(H,22,24)/t20-/m0/s1. The summed E-state index contributed by atoms with van der Waals surface area (Å²) in [5, 5.41) is 11.8. The van der Waals surface area contributed by atoms with E-state index in [0.29, 0.717) is 24.7 Å². The molecule has 1 atom stereocenters. The van der Waals surface area contributed by atoms with Gasteiger partial charge in [-0.3, -0.25) is 4.79 Å².